The number of morpholine rings is 1. The van der Waals surface area contributed by atoms with Crippen molar-refractivity contribution >= 4 is 29.9 Å². The van der Waals surface area contributed by atoms with Crippen LogP contribution in [0.1, 0.15) is 51.2 Å². The van der Waals surface area contributed by atoms with E-state index in [1.807, 2.05) is 24.1 Å². The Hall–Kier alpha value is -0.870. The van der Waals surface area contributed by atoms with E-state index in [1.165, 1.54) is 38.9 Å². The molecule has 2 fully saturated rings. The van der Waals surface area contributed by atoms with E-state index >= 15 is 0 Å². The average Bonchev–Trinajstić information content (AvgIpc) is 3.13. The van der Waals surface area contributed by atoms with E-state index in [0.29, 0.717) is 0 Å². The molecule has 0 saturated carbocycles. The second-order valence-electron chi connectivity index (χ2n) is 8.24. The largest absolute Gasteiger partial charge is 0.370 e. The molecule has 2 unspecified atom stereocenters. The number of likely N-dealkylation sites (tertiary alicyclic amines) is 1. The van der Waals surface area contributed by atoms with Crippen molar-refractivity contribution in [2.45, 2.75) is 45.6 Å². The molecule has 0 radical (unpaired) electrons. The van der Waals surface area contributed by atoms with Gasteiger partial charge in [-0.2, -0.15) is 5.10 Å². The number of aryl methyl sites for hydroxylation is 1. The van der Waals surface area contributed by atoms with Crippen LogP contribution < -0.4 is 5.32 Å². The third-order valence-corrected chi connectivity index (χ3v) is 5.68. The van der Waals surface area contributed by atoms with Gasteiger partial charge in [0.05, 0.1) is 19.3 Å². The zero-order valence-electron chi connectivity index (χ0n) is 18.3. The van der Waals surface area contributed by atoms with Gasteiger partial charge in [0.25, 0.3) is 0 Å². The van der Waals surface area contributed by atoms with Crippen LogP contribution in [0.3, 0.4) is 0 Å². The summed E-state index contributed by atoms with van der Waals surface area (Å²) in [7, 11) is 1.94. The smallest absolute Gasteiger partial charge is 0.194 e. The third kappa shape index (κ3) is 7.71. The molecule has 1 aromatic heterocycles. The molecule has 8 heteroatoms. The Balaban J connectivity index is 0.00000300. The van der Waals surface area contributed by atoms with Crippen LogP contribution in [-0.4, -0.2) is 78.0 Å². The van der Waals surface area contributed by atoms with Crippen molar-refractivity contribution in [2.24, 2.45) is 18.0 Å². The molecule has 3 rings (SSSR count). The molecule has 2 aliphatic rings. The molecule has 2 aliphatic heterocycles. The summed E-state index contributed by atoms with van der Waals surface area (Å²) in [4.78, 5) is 9.86. The van der Waals surface area contributed by atoms with Crippen LogP contribution in [0, 0.1) is 5.92 Å². The Kier molecular flexibility index (Phi) is 10.7. The van der Waals surface area contributed by atoms with Gasteiger partial charge in [0, 0.05) is 45.0 Å². The summed E-state index contributed by atoms with van der Waals surface area (Å²) in [6.07, 6.45) is 9.14. The van der Waals surface area contributed by atoms with Crippen LogP contribution in [0.15, 0.2) is 17.4 Å². The summed E-state index contributed by atoms with van der Waals surface area (Å²) in [5.74, 6) is 1.88. The molecule has 29 heavy (non-hydrogen) atoms. The molecular formula is C21H39IN6O. The number of hydrogen-bond acceptors (Lipinski definition) is 4. The number of nitrogens with one attached hydrogen (secondary N) is 1. The number of guanidine groups is 1. The zero-order chi connectivity index (χ0) is 19.8. The van der Waals surface area contributed by atoms with Crippen LogP contribution in [0.2, 0.25) is 0 Å². The van der Waals surface area contributed by atoms with E-state index in [2.05, 4.69) is 34.1 Å². The van der Waals surface area contributed by atoms with Crippen molar-refractivity contribution in [2.75, 3.05) is 52.4 Å². The van der Waals surface area contributed by atoms with Gasteiger partial charge in [-0.15, -0.1) is 24.0 Å². The lowest BCUT2D eigenvalue weighted by molar-refractivity contribution is -0.00804. The maximum Gasteiger partial charge on any atom is 0.194 e. The topological polar surface area (TPSA) is 57.9 Å². The second kappa shape index (κ2) is 12.7. The Labute approximate surface area is 193 Å². The number of aliphatic imine (C=N–C) groups is 1. The lowest BCUT2D eigenvalue weighted by atomic mass is 10.0. The van der Waals surface area contributed by atoms with Gasteiger partial charge in [-0.05, 0) is 51.6 Å². The molecule has 1 N–H and O–H groups in total. The number of nitrogens with zero attached hydrogens (tertiary/aromatic N) is 5. The van der Waals surface area contributed by atoms with Crippen LogP contribution in [0.25, 0.3) is 0 Å². The maximum absolute atomic E-state index is 5.97. The van der Waals surface area contributed by atoms with Crippen LogP contribution >= 0.6 is 24.0 Å². The first-order valence-electron chi connectivity index (χ1n) is 11.0. The molecule has 2 atom stereocenters. The van der Waals surface area contributed by atoms with E-state index in [9.17, 15) is 0 Å². The van der Waals surface area contributed by atoms with E-state index < -0.39 is 0 Å². The van der Waals surface area contributed by atoms with Gasteiger partial charge >= 0.3 is 0 Å². The number of aromatic nitrogens is 2. The highest BCUT2D eigenvalue weighted by Gasteiger charge is 2.25. The van der Waals surface area contributed by atoms with Crippen molar-refractivity contribution in [1.29, 1.82) is 0 Å². The number of halogens is 1. The Morgan fingerprint density at radius 3 is 2.90 bits per heavy atom. The van der Waals surface area contributed by atoms with Crippen molar-refractivity contribution < 1.29 is 4.74 Å². The third-order valence-electron chi connectivity index (χ3n) is 5.68. The van der Waals surface area contributed by atoms with Crippen molar-refractivity contribution in [3.8, 4) is 0 Å². The SMILES string of the molecule is CCNC(=NCCCCN1CCCC(C)C1)N1CCOC(c2cnn(C)c2)C1.I. The minimum Gasteiger partial charge on any atom is -0.370 e. The van der Waals surface area contributed by atoms with Gasteiger partial charge in [0.15, 0.2) is 5.96 Å². The fraction of sp³-hybridized carbons (Fsp3) is 0.810. The van der Waals surface area contributed by atoms with E-state index in [1.54, 1.807) is 0 Å². The van der Waals surface area contributed by atoms with Gasteiger partial charge in [0.1, 0.15) is 6.10 Å². The summed E-state index contributed by atoms with van der Waals surface area (Å²) >= 11 is 0. The zero-order valence-corrected chi connectivity index (χ0v) is 20.7. The summed E-state index contributed by atoms with van der Waals surface area (Å²) in [6, 6.07) is 0. The highest BCUT2D eigenvalue weighted by molar-refractivity contribution is 14.0. The molecule has 0 amide bonds. The first-order chi connectivity index (χ1) is 13.7. The van der Waals surface area contributed by atoms with Crippen molar-refractivity contribution in [3.05, 3.63) is 18.0 Å². The lowest BCUT2D eigenvalue weighted by Crippen LogP contribution is -2.48. The molecule has 0 bridgehead atoms. The number of rotatable bonds is 7. The summed E-state index contributed by atoms with van der Waals surface area (Å²) in [6.45, 7) is 12.5. The Morgan fingerprint density at radius 1 is 1.31 bits per heavy atom. The average molecular weight is 518 g/mol. The quantitative estimate of drug-likeness (QED) is 0.261. The maximum atomic E-state index is 5.97. The second-order valence-corrected chi connectivity index (χ2v) is 8.24. The normalized spacial score (nSPS) is 23.7. The van der Waals surface area contributed by atoms with Gasteiger partial charge < -0.3 is 19.9 Å². The first kappa shape index (κ1) is 24.4. The van der Waals surface area contributed by atoms with E-state index in [0.717, 1.165) is 56.6 Å². The molecular weight excluding hydrogens is 479 g/mol. The molecule has 166 valence electrons. The first-order valence-corrected chi connectivity index (χ1v) is 11.0. The molecule has 1 aromatic rings. The van der Waals surface area contributed by atoms with Crippen LogP contribution in [0.4, 0.5) is 0 Å². The highest BCUT2D eigenvalue weighted by Crippen LogP contribution is 2.21. The minimum atomic E-state index is 0. The Morgan fingerprint density at radius 2 is 2.17 bits per heavy atom. The number of hydrogen-bond donors (Lipinski definition) is 1. The van der Waals surface area contributed by atoms with Gasteiger partial charge in [-0.1, -0.05) is 6.92 Å². The number of piperidine rings is 1. The predicted octanol–water partition coefficient (Wildman–Crippen LogP) is 2.89. The highest BCUT2D eigenvalue weighted by atomic mass is 127. The van der Waals surface area contributed by atoms with Crippen molar-refractivity contribution in [3.63, 3.8) is 0 Å². The number of unbranched alkanes of at least 4 members (excludes halogenated alkanes) is 1. The molecule has 7 nitrogen and oxygen atoms in total. The molecule has 0 spiro atoms. The predicted molar refractivity (Wildman–Crippen MR) is 129 cm³/mol. The summed E-state index contributed by atoms with van der Waals surface area (Å²) in [5.41, 5.74) is 1.14. The Bertz CT molecular complexity index is 622. The monoisotopic (exact) mass is 518 g/mol. The molecule has 0 aliphatic carbocycles. The van der Waals surface area contributed by atoms with E-state index in [4.69, 9.17) is 9.73 Å². The van der Waals surface area contributed by atoms with Crippen molar-refractivity contribution in [1.82, 2.24) is 24.9 Å². The summed E-state index contributed by atoms with van der Waals surface area (Å²) in [5, 5.41) is 7.74. The lowest BCUT2D eigenvalue weighted by Gasteiger charge is -2.34. The minimum absolute atomic E-state index is 0. The standard InChI is InChI=1S/C21H38N6O.HI/c1-4-22-21(23-9-5-6-10-26-11-7-8-18(2)15-26)27-12-13-28-20(17-27)19-14-24-25(3)16-19;/h14,16,18,20H,4-13,15,17H2,1-3H3,(H,22,23);1H. The van der Waals surface area contributed by atoms with Gasteiger partial charge in [-0.3, -0.25) is 9.67 Å². The van der Waals surface area contributed by atoms with Gasteiger partial charge in [-0.25, -0.2) is 0 Å². The fourth-order valence-corrected chi connectivity index (χ4v) is 4.20. The van der Waals surface area contributed by atoms with E-state index in [-0.39, 0.29) is 30.1 Å². The fourth-order valence-electron chi connectivity index (χ4n) is 4.20. The van der Waals surface area contributed by atoms with Gasteiger partial charge in [0.2, 0.25) is 0 Å². The molecule has 0 aromatic carbocycles. The molecule has 3 heterocycles. The molecule has 2 saturated heterocycles. The summed E-state index contributed by atoms with van der Waals surface area (Å²) < 4.78 is 7.80. The number of ether oxygens (including phenoxy) is 1. The van der Waals surface area contributed by atoms with Crippen LogP contribution in [0.5, 0.6) is 0 Å². The van der Waals surface area contributed by atoms with Crippen LogP contribution in [-0.2, 0) is 11.8 Å².